The van der Waals surface area contributed by atoms with Gasteiger partial charge in [-0.1, -0.05) is 0 Å². The van der Waals surface area contributed by atoms with Gasteiger partial charge in [0, 0.05) is 44.6 Å². The smallest absolute Gasteiger partial charge is 0.119 e. The van der Waals surface area contributed by atoms with Crippen LogP contribution in [0.2, 0.25) is 0 Å². The largest absolute Gasteiger partial charge is 0.494 e. The van der Waals surface area contributed by atoms with Crippen LogP contribution in [0.25, 0.3) is 11.3 Å². The van der Waals surface area contributed by atoms with E-state index in [0.29, 0.717) is 13.2 Å². The van der Waals surface area contributed by atoms with Gasteiger partial charge in [0.05, 0.1) is 18.9 Å². The molecule has 0 unspecified atom stereocenters. The van der Waals surface area contributed by atoms with E-state index in [9.17, 15) is 0 Å². The number of rotatable bonds is 8. The standard InChI is InChI=1S/C16H23N3O2/c1-4-21-15-7-5-13(6-8-15)16-14(12-19(2)18-16)11-17-9-10-20-3/h5-8,12,17H,4,9-11H2,1-3H3. The summed E-state index contributed by atoms with van der Waals surface area (Å²) in [4.78, 5) is 0. The molecule has 0 spiro atoms. The summed E-state index contributed by atoms with van der Waals surface area (Å²) in [6.45, 7) is 4.97. The van der Waals surface area contributed by atoms with E-state index < -0.39 is 0 Å². The van der Waals surface area contributed by atoms with Crippen LogP contribution in [0.15, 0.2) is 30.5 Å². The van der Waals surface area contributed by atoms with Gasteiger partial charge in [-0.05, 0) is 31.2 Å². The molecule has 0 aliphatic rings. The summed E-state index contributed by atoms with van der Waals surface area (Å²) in [5, 5.41) is 7.91. The first kappa shape index (κ1) is 15.5. The van der Waals surface area contributed by atoms with Gasteiger partial charge in [0.2, 0.25) is 0 Å². The molecule has 0 saturated heterocycles. The number of aromatic nitrogens is 2. The summed E-state index contributed by atoms with van der Waals surface area (Å²) in [5.74, 6) is 0.886. The average molecular weight is 289 g/mol. The fourth-order valence-corrected chi connectivity index (χ4v) is 2.18. The molecule has 2 aromatic rings. The number of hydrogen-bond donors (Lipinski definition) is 1. The minimum atomic E-state index is 0.678. The van der Waals surface area contributed by atoms with Crippen molar-refractivity contribution in [3.8, 4) is 17.0 Å². The van der Waals surface area contributed by atoms with Gasteiger partial charge in [-0.3, -0.25) is 4.68 Å². The SMILES string of the molecule is CCOc1ccc(-c2nn(C)cc2CNCCOC)cc1. The van der Waals surface area contributed by atoms with E-state index in [1.54, 1.807) is 7.11 Å². The lowest BCUT2D eigenvalue weighted by molar-refractivity contribution is 0.199. The molecule has 5 nitrogen and oxygen atoms in total. The van der Waals surface area contributed by atoms with E-state index in [4.69, 9.17) is 9.47 Å². The van der Waals surface area contributed by atoms with Gasteiger partial charge in [0.15, 0.2) is 0 Å². The number of nitrogens with one attached hydrogen (secondary N) is 1. The Balaban J connectivity index is 2.11. The second-order valence-electron chi connectivity index (χ2n) is 4.80. The predicted octanol–water partition coefficient (Wildman–Crippen LogP) is 2.22. The quantitative estimate of drug-likeness (QED) is 0.757. The van der Waals surface area contributed by atoms with Crippen molar-refractivity contribution in [1.82, 2.24) is 15.1 Å². The number of ether oxygens (including phenoxy) is 2. The maximum absolute atomic E-state index is 5.47. The second-order valence-corrected chi connectivity index (χ2v) is 4.80. The lowest BCUT2D eigenvalue weighted by Crippen LogP contribution is -2.18. The van der Waals surface area contributed by atoms with Crippen LogP contribution < -0.4 is 10.1 Å². The van der Waals surface area contributed by atoms with Crippen molar-refractivity contribution in [2.45, 2.75) is 13.5 Å². The minimum Gasteiger partial charge on any atom is -0.494 e. The van der Waals surface area contributed by atoms with Gasteiger partial charge in [0.1, 0.15) is 5.75 Å². The zero-order valence-electron chi connectivity index (χ0n) is 12.9. The first-order chi connectivity index (χ1) is 10.2. The Bertz CT molecular complexity index is 549. The highest BCUT2D eigenvalue weighted by Crippen LogP contribution is 2.24. The minimum absolute atomic E-state index is 0.678. The summed E-state index contributed by atoms with van der Waals surface area (Å²) in [7, 11) is 3.65. The molecule has 21 heavy (non-hydrogen) atoms. The van der Waals surface area contributed by atoms with Crippen LogP contribution in [0.1, 0.15) is 12.5 Å². The fraction of sp³-hybridized carbons (Fsp3) is 0.438. The van der Waals surface area contributed by atoms with Crippen LogP contribution in [0.4, 0.5) is 0 Å². The van der Waals surface area contributed by atoms with E-state index in [1.807, 2.05) is 49.1 Å². The first-order valence-electron chi connectivity index (χ1n) is 7.20. The number of hydrogen-bond acceptors (Lipinski definition) is 4. The van der Waals surface area contributed by atoms with Gasteiger partial charge in [-0.25, -0.2) is 0 Å². The molecule has 5 heteroatoms. The fourth-order valence-electron chi connectivity index (χ4n) is 2.18. The summed E-state index contributed by atoms with van der Waals surface area (Å²) in [6, 6.07) is 8.06. The van der Waals surface area contributed by atoms with E-state index in [1.165, 1.54) is 5.56 Å². The topological polar surface area (TPSA) is 48.3 Å². The van der Waals surface area contributed by atoms with Crippen molar-refractivity contribution in [2.75, 3.05) is 26.9 Å². The molecular formula is C16H23N3O2. The molecule has 0 bridgehead atoms. The maximum atomic E-state index is 5.47. The predicted molar refractivity (Wildman–Crippen MR) is 83.4 cm³/mol. The molecule has 1 aromatic heterocycles. The van der Waals surface area contributed by atoms with Crippen molar-refractivity contribution in [3.63, 3.8) is 0 Å². The molecule has 1 aromatic carbocycles. The normalized spacial score (nSPS) is 10.8. The van der Waals surface area contributed by atoms with Crippen molar-refractivity contribution >= 4 is 0 Å². The Kier molecular flexibility index (Phi) is 5.78. The Hall–Kier alpha value is -1.85. The third kappa shape index (κ3) is 4.31. The van der Waals surface area contributed by atoms with E-state index >= 15 is 0 Å². The van der Waals surface area contributed by atoms with Gasteiger partial charge >= 0.3 is 0 Å². The lowest BCUT2D eigenvalue weighted by Gasteiger charge is -2.06. The van der Waals surface area contributed by atoms with Crippen molar-refractivity contribution in [3.05, 3.63) is 36.0 Å². The van der Waals surface area contributed by atoms with Gasteiger partial charge < -0.3 is 14.8 Å². The second kappa shape index (κ2) is 7.81. The Morgan fingerprint density at radius 1 is 1.24 bits per heavy atom. The highest BCUT2D eigenvalue weighted by Gasteiger charge is 2.10. The van der Waals surface area contributed by atoms with Crippen molar-refractivity contribution in [2.24, 2.45) is 7.05 Å². The average Bonchev–Trinajstić information content (AvgIpc) is 2.86. The summed E-state index contributed by atoms with van der Waals surface area (Å²) < 4.78 is 12.4. The molecule has 114 valence electrons. The Morgan fingerprint density at radius 2 is 2.00 bits per heavy atom. The summed E-state index contributed by atoms with van der Waals surface area (Å²) in [6.07, 6.45) is 2.05. The lowest BCUT2D eigenvalue weighted by atomic mass is 10.1. The maximum Gasteiger partial charge on any atom is 0.119 e. The Morgan fingerprint density at radius 3 is 2.67 bits per heavy atom. The monoisotopic (exact) mass is 289 g/mol. The number of benzene rings is 1. The highest BCUT2D eigenvalue weighted by atomic mass is 16.5. The van der Waals surface area contributed by atoms with Crippen LogP contribution in [0.5, 0.6) is 5.75 Å². The number of methoxy groups -OCH3 is 1. The molecule has 2 rings (SSSR count). The van der Waals surface area contributed by atoms with Crippen LogP contribution in [-0.2, 0) is 18.3 Å². The molecule has 0 aliphatic carbocycles. The molecule has 0 radical (unpaired) electrons. The van der Waals surface area contributed by atoms with E-state index in [0.717, 1.165) is 30.1 Å². The van der Waals surface area contributed by atoms with Gasteiger partial charge in [0.25, 0.3) is 0 Å². The van der Waals surface area contributed by atoms with E-state index in [-0.39, 0.29) is 0 Å². The zero-order valence-corrected chi connectivity index (χ0v) is 12.9. The molecule has 0 saturated carbocycles. The first-order valence-corrected chi connectivity index (χ1v) is 7.20. The molecular weight excluding hydrogens is 266 g/mol. The molecule has 0 amide bonds. The third-order valence-electron chi connectivity index (χ3n) is 3.14. The number of nitrogens with zero attached hydrogens (tertiary/aromatic N) is 2. The van der Waals surface area contributed by atoms with Crippen molar-refractivity contribution < 1.29 is 9.47 Å². The number of aryl methyl sites for hydroxylation is 1. The van der Waals surface area contributed by atoms with Crippen LogP contribution >= 0.6 is 0 Å². The van der Waals surface area contributed by atoms with Crippen LogP contribution in [-0.4, -0.2) is 36.6 Å². The molecule has 1 N–H and O–H groups in total. The Labute approximate surface area is 125 Å². The van der Waals surface area contributed by atoms with E-state index in [2.05, 4.69) is 10.4 Å². The molecule has 0 atom stereocenters. The summed E-state index contributed by atoms with van der Waals surface area (Å²) >= 11 is 0. The van der Waals surface area contributed by atoms with Gasteiger partial charge in [-0.2, -0.15) is 5.10 Å². The molecule has 1 heterocycles. The van der Waals surface area contributed by atoms with Gasteiger partial charge in [-0.15, -0.1) is 0 Å². The third-order valence-corrected chi connectivity index (χ3v) is 3.14. The van der Waals surface area contributed by atoms with Crippen LogP contribution in [0, 0.1) is 0 Å². The molecule has 0 fully saturated rings. The highest BCUT2D eigenvalue weighted by molar-refractivity contribution is 5.63. The van der Waals surface area contributed by atoms with Crippen LogP contribution in [0.3, 0.4) is 0 Å². The zero-order chi connectivity index (χ0) is 15.1. The molecule has 0 aliphatic heterocycles. The van der Waals surface area contributed by atoms with Crippen molar-refractivity contribution in [1.29, 1.82) is 0 Å². The summed E-state index contributed by atoms with van der Waals surface area (Å²) in [5.41, 5.74) is 3.28.